The summed E-state index contributed by atoms with van der Waals surface area (Å²) in [6, 6.07) is 11.0. The first-order valence-electron chi connectivity index (χ1n) is 9.56. The van der Waals surface area contributed by atoms with E-state index in [-0.39, 0.29) is 12.0 Å². The third-order valence-corrected chi connectivity index (χ3v) is 5.76. The molecule has 0 unspecified atom stereocenters. The van der Waals surface area contributed by atoms with Crippen molar-refractivity contribution < 1.29 is 14.1 Å². The molecule has 1 aliphatic heterocycles. The summed E-state index contributed by atoms with van der Waals surface area (Å²) < 4.78 is 12.9. The smallest absolute Gasteiger partial charge is 0.276 e. The summed E-state index contributed by atoms with van der Waals surface area (Å²) in [5, 5.41) is 18.3. The Morgan fingerprint density at radius 2 is 2.07 bits per heavy atom. The van der Waals surface area contributed by atoms with Gasteiger partial charge in [-0.1, -0.05) is 11.2 Å². The molecule has 0 N–H and O–H groups in total. The van der Waals surface area contributed by atoms with Crippen molar-refractivity contribution in [2.45, 2.75) is 18.9 Å². The van der Waals surface area contributed by atoms with Gasteiger partial charge in [0.05, 0.1) is 4.88 Å². The van der Waals surface area contributed by atoms with Crippen LogP contribution in [0.3, 0.4) is 0 Å². The quantitative estimate of drug-likeness (QED) is 0.487. The van der Waals surface area contributed by atoms with Crippen LogP contribution in [0, 0.1) is 0 Å². The number of ether oxygens (including phenoxy) is 1. The van der Waals surface area contributed by atoms with E-state index in [1.165, 1.54) is 0 Å². The Hall–Kier alpha value is -3.53. The zero-order valence-electron chi connectivity index (χ0n) is 15.9. The highest BCUT2D eigenvalue weighted by molar-refractivity contribution is 7.13. The van der Waals surface area contributed by atoms with Crippen LogP contribution in [0.15, 0.2) is 58.7 Å². The van der Waals surface area contributed by atoms with Crippen molar-refractivity contribution in [3.05, 3.63) is 59.9 Å². The highest BCUT2D eigenvalue weighted by Gasteiger charge is 2.27. The number of carbonyl (C=O) groups is 1. The predicted octanol–water partition coefficient (Wildman–Crippen LogP) is 3.06. The first-order valence-corrected chi connectivity index (χ1v) is 10.4. The molecular weight excluding hydrogens is 404 g/mol. The van der Waals surface area contributed by atoms with Crippen molar-refractivity contribution in [2.75, 3.05) is 13.1 Å². The summed E-state index contributed by atoms with van der Waals surface area (Å²) in [5.41, 5.74) is 0.331. The van der Waals surface area contributed by atoms with Crippen LogP contribution in [-0.2, 0) is 0 Å². The van der Waals surface area contributed by atoms with E-state index >= 15 is 0 Å². The van der Waals surface area contributed by atoms with E-state index in [1.54, 1.807) is 45.4 Å². The molecule has 1 fully saturated rings. The molecule has 9 nitrogen and oxygen atoms in total. The number of amides is 1. The Balaban J connectivity index is 1.16. The maximum atomic E-state index is 12.7. The molecule has 1 amide bonds. The van der Waals surface area contributed by atoms with Gasteiger partial charge in [-0.15, -0.1) is 21.5 Å². The third-order valence-electron chi connectivity index (χ3n) is 4.88. The fourth-order valence-electron chi connectivity index (χ4n) is 3.32. The molecule has 5 rings (SSSR count). The minimum absolute atomic E-state index is 0.0158. The van der Waals surface area contributed by atoms with Gasteiger partial charge in [0.2, 0.25) is 5.88 Å². The molecular formula is C20H18N6O3S. The molecule has 4 aromatic heterocycles. The van der Waals surface area contributed by atoms with Gasteiger partial charge in [-0.05, 0) is 23.6 Å². The van der Waals surface area contributed by atoms with E-state index in [0.29, 0.717) is 49.1 Å². The van der Waals surface area contributed by atoms with E-state index in [9.17, 15) is 4.79 Å². The molecule has 0 spiro atoms. The van der Waals surface area contributed by atoms with Gasteiger partial charge >= 0.3 is 0 Å². The van der Waals surface area contributed by atoms with Crippen molar-refractivity contribution in [3.63, 3.8) is 0 Å². The standard InChI is InChI=1S/C20H18N6O3S/c27-20(15-13-16(29-24-15)17-3-1-12-30-17)25-10-6-14(7-11-25)28-19-5-4-18(22-23-19)26-9-2-8-21-26/h1-5,8-9,12-14H,6-7,10-11H2. The largest absolute Gasteiger partial charge is 0.473 e. The lowest BCUT2D eigenvalue weighted by Crippen LogP contribution is -2.42. The molecule has 10 heteroatoms. The first-order chi connectivity index (χ1) is 14.8. The van der Waals surface area contributed by atoms with Crippen molar-refractivity contribution in [1.82, 2.24) is 30.0 Å². The molecule has 0 radical (unpaired) electrons. The summed E-state index contributed by atoms with van der Waals surface area (Å²) in [6.07, 6.45) is 4.89. The molecule has 0 aromatic carbocycles. The minimum atomic E-state index is -0.122. The second-order valence-electron chi connectivity index (χ2n) is 6.84. The Kier molecular flexibility index (Phi) is 4.98. The first kappa shape index (κ1) is 18.5. The number of piperidine rings is 1. The number of hydrogen-bond acceptors (Lipinski definition) is 8. The summed E-state index contributed by atoms with van der Waals surface area (Å²) >= 11 is 1.55. The van der Waals surface area contributed by atoms with Crippen LogP contribution in [0.4, 0.5) is 0 Å². The Morgan fingerprint density at radius 3 is 2.77 bits per heavy atom. The Labute approximate surface area is 175 Å². The molecule has 0 saturated carbocycles. The van der Waals surface area contributed by atoms with Crippen molar-refractivity contribution in [2.24, 2.45) is 0 Å². The molecule has 1 saturated heterocycles. The maximum absolute atomic E-state index is 12.7. The molecule has 30 heavy (non-hydrogen) atoms. The van der Waals surface area contributed by atoms with Crippen LogP contribution in [0.1, 0.15) is 23.3 Å². The topological polar surface area (TPSA) is 99.2 Å². The lowest BCUT2D eigenvalue weighted by atomic mass is 10.1. The van der Waals surface area contributed by atoms with Crippen LogP contribution >= 0.6 is 11.3 Å². The van der Waals surface area contributed by atoms with Crippen LogP contribution in [-0.4, -0.2) is 55.1 Å². The molecule has 1 aliphatic rings. The fourth-order valence-corrected chi connectivity index (χ4v) is 4.00. The molecule has 4 aromatic rings. The van der Waals surface area contributed by atoms with Crippen LogP contribution < -0.4 is 4.74 Å². The molecule has 0 atom stereocenters. The molecule has 5 heterocycles. The summed E-state index contributed by atoms with van der Waals surface area (Å²) in [7, 11) is 0. The third kappa shape index (κ3) is 3.81. The predicted molar refractivity (Wildman–Crippen MR) is 109 cm³/mol. The van der Waals surface area contributed by atoms with Crippen LogP contribution in [0.5, 0.6) is 5.88 Å². The van der Waals surface area contributed by atoms with Gasteiger partial charge in [-0.2, -0.15) is 5.10 Å². The van der Waals surface area contributed by atoms with Crippen molar-refractivity contribution >= 4 is 17.2 Å². The lowest BCUT2D eigenvalue weighted by molar-refractivity contribution is 0.0577. The second kappa shape index (κ2) is 8.07. The number of carbonyl (C=O) groups excluding carboxylic acids is 1. The van der Waals surface area contributed by atoms with Gasteiger partial charge in [-0.25, -0.2) is 4.68 Å². The lowest BCUT2D eigenvalue weighted by Gasteiger charge is -2.31. The molecule has 0 bridgehead atoms. The average Bonchev–Trinajstić information content (AvgIpc) is 3.57. The van der Waals surface area contributed by atoms with E-state index in [4.69, 9.17) is 9.26 Å². The number of hydrogen-bond donors (Lipinski definition) is 0. The van der Waals surface area contributed by atoms with Crippen LogP contribution in [0.2, 0.25) is 0 Å². The van der Waals surface area contributed by atoms with Gasteiger partial charge in [0.1, 0.15) is 6.10 Å². The maximum Gasteiger partial charge on any atom is 0.276 e. The molecule has 0 aliphatic carbocycles. The molecule has 152 valence electrons. The van der Waals surface area contributed by atoms with Gasteiger partial charge < -0.3 is 14.2 Å². The van der Waals surface area contributed by atoms with Gasteiger partial charge in [0.15, 0.2) is 17.3 Å². The highest BCUT2D eigenvalue weighted by Crippen LogP contribution is 2.26. The summed E-state index contributed by atoms with van der Waals surface area (Å²) in [6.45, 7) is 1.17. The van der Waals surface area contributed by atoms with Crippen molar-refractivity contribution in [3.8, 4) is 22.3 Å². The summed E-state index contributed by atoms with van der Waals surface area (Å²) in [5.74, 6) is 1.59. The van der Waals surface area contributed by atoms with Gasteiger partial charge in [-0.3, -0.25) is 4.79 Å². The Morgan fingerprint density at radius 1 is 1.17 bits per heavy atom. The van der Waals surface area contributed by atoms with Gasteiger partial charge in [0.25, 0.3) is 5.91 Å². The normalized spacial score (nSPS) is 14.7. The highest BCUT2D eigenvalue weighted by atomic mass is 32.1. The number of nitrogens with zero attached hydrogens (tertiary/aromatic N) is 6. The summed E-state index contributed by atoms with van der Waals surface area (Å²) in [4.78, 5) is 15.5. The van der Waals surface area contributed by atoms with Crippen molar-refractivity contribution in [1.29, 1.82) is 0 Å². The Bertz CT molecular complexity index is 1100. The number of aromatic nitrogens is 5. The van der Waals surface area contributed by atoms with E-state index < -0.39 is 0 Å². The van der Waals surface area contributed by atoms with Gasteiger partial charge in [0, 0.05) is 50.5 Å². The van der Waals surface area contributed by atoms with Crippen LogP contribution in [0.25, 0.3) is 16.5 Å². The van der Waals surface area contributed by atoms with E-state index in [2.05, 4.69) is 20.5 Å². The average molecular weight is 422 g/mol. The second-order valence-corrected chi connectivity index (χ2v) is 7.79. The number of rotatable bonds is 5. The zero-order chi connectivity index (χ0) is 20.3. The van der Waals surface area contributed by atoms with E-state index in [1.807, 2.05) is 29.6 Å². The number of likely N-dealkylation sites (tertiary alicyclic amines) is 1. The monoisotopic (exact) mass is 422 g/mol. The van der Waals surface area contributed by atoms with E-state index in [0.717, 1.165) is 4.88 Å². The fraction of sp³-hybridized carbons (Fsp3) is 0.250. The minimum Gasteiger partial charge on any atom is -0.473 e. The zero-order valence-corrected chi connectivity index (χ0v) is 16.7. The SMILES string of the molecule is O=C(c1cc(-c2cccs2)on1)N1CCC(Oc2ccc(-n3cccn3)nn2)CC1. The number of thiophene rings is 1.